The fourth-order valence-corrected chi connectivity index (χ4v) is 1.95. The lowest BCUT2D eigenvalue weighted by Gasteiger charge is -2.30. The van der Waals surface area contributed by atoms with E-state index in [1.165, 1.54) is 23.1 Å². The van der Waals surface area contributed by atoms with Gasteiger partial charge < -0.3 is 20.5 Å². The number of nitrogens with two attached hydrogens (primary N) is 1. The molecule has 3 N–H and O–H groups in total. The lowest BCUT2D eigenvalue weighted by atomic mass is 10.1. The Morgan fingerprint density at radius 1 is 1.44 bits per heavy atom. The second-order valence-electron chi connectivity index (χ2n) is 4.27. The van der Waals surface area contributed by atoms with E-state index in [1.54, 1.807) is 0 Å². The number of anilines is 1. The Kier molecular flexibility index (Phi) is 3.55. The van der Waals surface area contributed by atoms with Gasteiger partial charge in [-0.15, -0.1) is 0 Å². The van der Waals surface area contributed by atoms with Crippen molar-refractivity contribution >= 4 is 11.8 Å². The van der Waals surface area contributed by atoms with Gasteiger partial charge in [-0.25, -0.2) is 9.18 Å². The van der Waals surface area contributed by atoms with Crippen LogP contribution in [-0.2, 0) is 0 Å². The van der Waals surface area contributed by atoms with Crippen LogP contribution in [0.4, 0.5) is 14.9 Å². The molecule has 1 aromatic rings. The van der Waals surface area contributed by atoms with Gasteiger partial charge in [-0.2, -0.15) is 0 Å². The molecule has 2 rings (SSSR count). The van der Waals surface area contributed by atoms with E-state index in [0.717, 1.165) is 0 Å². The predicted molar refractivity (Wildman–Crippen MR) is 64.1 cm³/mol. The van der Waals surface area contributed by atoms with E-state index in [0.29, 0.717) is 37.4 Å². The molecular formula is C12H15FN2O3. The number of nitrogens with zero attached hydrogens (tertiary/aromatic N) is 1. The number of hydrogen-bond acceptors (Lipinski definition) is 3. The maximum atomic E-state index is 13.0. The second kappa shape index (κ2) is 5.12. The van der Waals surface area contributed by atoms with Crippen molar-refractivity contribution in [2.24, 2.45) is 0 Å². The first kappa shape index (κ1) is 12.5. The highest BCUT2D eigenvalue weighted by Crippen LogP contribution is 2.26. The maximum Gasteiger partial charge on any atom is 0.407 e. The average Bonchev–Trinajstić information content (AvgIpc) is 2.34. The molecule has 1 aliphatic heterocycles. The Morgan fingerprint density at radius 2 is 2.11 bits per heavy atom. The first-order valence-corrected chi connectivity index (χ1v) is 5.76. The van der Waals surface area contributed by atoms with Crippen molar-refractivity contribution < 1.29 is 19.0 Å². The number of nitrogen functional groups attached to an aromatic ring is 1. The summed E-state index contributed by atoms with van der Waals surface area (Å²) in [6, 6.07) is 3.98. The summed E-state index contributed by atoms with van der Waals surface area (Å²) in [5.74, 6) is -0.0778. The number of halogens is 1. The first-order chi connectivity index (χ1) is 8.56. The zero-order chi connectivity index (χ0) is 13.1. The Bertz CT molecular complexity index is 445. The number of likely N-dealkylation sites (tertiary alicyclic amines) is 1. The molecule has 0 spiro atoms. The number of piperidine rings is 1. The Hall–Kier alpha value is -1.98. The molecule has 5 nitrogen and oxygen atoms in total. The number of amides is 1. The van der Waals surface area contributed by atoms with Crippen LogP contribution in [0.15, 0.2) is 18.2 Å². The number of rotatable bonds is 2. The van der Waals surface area contributed by atoms with Gasteiger partial charge in [0.05, 0.1) is 5.69 Å². The Labute approximate surface area is 104 Å². The molecule has 1 amide bonds. The molecule has 0 aromatic heterocycles. The number of hydrogen-bond donors (Lipinski definition) is 2. The molecule has 0 unspecified atom stereocenters. The van der Waals surface area contributed by atoms with Crippen LogP contribution in [0.2, 0.25) is 0 Å². The van der Waals surface area contributed by atoms with Crippen LogP contribution in [-0.4, -0.2) is 35.3 Å². The van der Waals surface area contributed by atoms with Crippen LogP contribution < -0.4 is 10.5 Å². The van der Waals surface area contributed by atoms with Crippen molar-refractivity contribution in [2.45, 2.75) is 18.9 Å². The zero-order valence-electron chi connectivity index (χ0n) is 9.80. The third-order valence-corrected chi connectivity index (χ3v) is 2.98. The maximum absolute atomic E-state index is 13.0. The quantitative estimate of drug-likeness (QED) is 0.791. The predicted octanol–water partition coefficient (Wildman–Crippen LogP) is 1.93. The molecule has 1 saturated heterocycles. The summed E-state index contributed by atoms with van der Waals surface area (Å²) >= 11 is 0. The van der Waals surface area contributed by atoms with Gasteiger partial charge in [0.15, 0.2) is 0 Å². The topological polar surface area (TPSA) is 75.8 Å². The monoisotopic (exact) mass is 254 g/mol. The van der Waals surface area contributed by atoms with E-state index in [-0.39, 0.29) is 6.10 Å². The van der Waals surface area contributed by atoms with Gasteiger partial charge in [-0.1, -0.05) is 0 Å². The summed E-state index contributed by atoms with van der Waals surface area (Å²) in [6.07, 6.45) is 0.133. The minimum absolute atomic E-state index is 0.121. The number of ether oxygens (including phenoxy) is 1. The number of benzene rings is 1. The minimum atomic E-state index is -0.918. The van der Waals surface area contributed by atoms with E-state index in [2.05, 4.69) is 0 Å². The summed E-state index contributed by atoms with van der Waals surface area (Å²) in [6.45, 7) is 0.852. The van der Waals surface area contributed by atoms with Crippen molar-refractivity contribution in [3.63, 3.8) is 0 Å². The summed E-state index contributed by atoms with van der Waals surface area (Å²) < 4.78 is 18.7. The summed E-state index contributed by atoms with van der Waals surface area (Å²) in [5.41, 5.74) is 6.07. The van der Waals surface area contributed by atoms with Crippen LogP contribution in [0.1, 0.15) is 12.8 Å². The van der Waals surface area contributed by atoms with Crippen LogP contribution in [0.3, 0.4) is 0 Å². The number of carbonyl (C=O) groups is 1. The first-order valence-electron chi connectivity index (χ1n) is 5.76. The van der Waals surface area contributed by atoms with Crippen LogP contribution in [0.25, 0.3) is 0 Å². The van der Waals surface area contributed by atoms with E-state index in [1.807, 2.05) is 0 Å². The molecule has 0 radical (unpaired) electrons. The molecule has 0 aliphatic carbocycles. The van der Waals surface area contributed by atoms with Crippen molar-refractivity contribution in [1.29, 1.82) is 0 Å². The fourth-order valence-electron chi connectivity index (χ4n) is 1.95. The van der Waals surface area contributed by atoms with Gasteiger partial charge in [0, 0.05) is 32.0 Å². The summed E-state index contributed by atoms with van der Waals surface area (Å²) in [5, 5.41) is 8.81. The van der Waals surface area contributed by atoms with E-state index in [4.69, 9.17) is 15.6 Å². The molecule has 1 fully saturated rings. The summed E-state index contributed by atoms with van der Waals surface area (Å²) in [7, 11) is 0. The largest absolute Gasteiger partial charge is 0.488 e. The lowest BCUT2D eigenvalue weighted by Crippen LogP contribution is -2.41. The molecule has 98 valence electrons. The zero-order valence-corrected chi connectivity index (χ0v) is 9.80. The van der Waals surface area contributed by atoms with Crippen LogP contribution in [0.5, 0.6) is 5.75 Å². The molecule has 1 aliphatic rings. The van der Waals surface area contributed by atoms with E-state index in [9.17, 15) is 9.18 Å². The minimum Gasteiger partial charge on any atom is -0.488 e. The van der Waals surface area contributed by atoms with Crippen LogP contribution in [0, 0.1) is 5.82 Å². The Morgan fingerprint density at radius 3 is 2.72 bits per heavy atom. The second-order valence-corrected chi connectivity index (χ2v) is 4.27. The van der Waals surface area contributed by atoms with Crippen LogP contribution >= 0.6 is 0 Å². The highest BCUT2D eigenvalue weighted by molar-refractivity contribution is 5.65. The van der Waals surface area contributed by atoms with Crippen molar-refractivity contribution in [3.8, 4) is 5.75 Å². The third kappa shape index (κ3) is 2.82. The highest BCUT2D eigenvalue weighted by Gasteiger charge is 2.23. The molecule has 1 aromatic carbocycles. The fraction of sp³-hybridized carbons (Fsp3) is 0.417. The lowest BCUT2D eigenvalue weighted by molar-refractivity contribution is 0.0897. The molecule has 6 heteroatoms. The van der Waals surface area contributed by atoms with Crippen molar-refractivity contribution in [1.82, 2.24) is 4.90 Å². The summed E-state index contributed by atoms with van der Waals surface area (Å²) in [4.78, 5) is 12.1. The van der Waals surface area contributed by atoms with E-state index < -0.39 is 11.9 Å². The van der Waals surface area contributed by atoms with Gasteiger partial charge in [0.1, 0.15) is 17.7 Å². The smallest absolute Gasteiger partial charge is 0.407 e. The average molecular weight is 254 g/mol. The molecular weight excluding hydrogens is 239 g/mol. The molecule has 0 atom stereocenters. The van der Waals surface area contributed by atoms with Crippen molar-refractivity contribution in [2.75, 3.05) is 18.8 Å². The SMILES string of the molecule is Nc1ccc(F)cc1OC1CCN(C(=O)O)CC1. The van der Waals surface area contributed by atoms with Gasteiger partial charge in [-0.3, -0.25) is 0 Å². The van der Waals surface area contributed by atoms with Gasteiger partial charge in [-0.05, 0) is 12.1 Å². The normalized spacial score (nSPS) is 16.6. The van der Waals surface area contributed by atoms with Gasteiger partial charge in [0.25, 0.3) is 0 Å². The molecule has 0 saturated carbocycles. The highest BCUT2D eigenvalue weighted by atomic mass is 19.1. The molecule has 0 bridgehead atoms. The van der Waals surface area contributed by atoms with E-state index >= 15 is 0 Å². The third-order valence-electron chi connectivity index (χ3n) is 2.98. The standard InChI is InChI=1S/C12H15FN2O3/c13-8-1-2-10(14)11(7-8)18-9-3-5-15(6-4-9)12(16)17/h1-2,7,9H,3-6,14H2,(H,16,17). The Balaban J connectivity index is 1.95. The molecule has 1 heterocycles. The van der Waals surface area contributed by atoms with Gasteiger partial charge >= 0.3 is 6.09 Å². The number of carboxylic acid groups (broad SMARTS) is 1. The van der Waals surface area contributed by atoms with Crippen molar-refractivity contribution in [3.05, 3.63) is 24.0 Å². The van der Waals surface area contributed by atoms with Gasteiger partial charge in [0.2, 0.25) is 0 Å². The molecule has 18 heavy (non-hydrogen) atoms.